The van der Waals surface area contributed by atoms with Crippen LogP contribution in [0.2, 0.25) is 0 Å². The van der Waals surface area contributed by atoms with Gasteiger partial charge in [0.15, 0.2) is 0 Å². The van der Waals surface area contributed by atoms with Crippen molar-refractivity contribution in [3.8, 4) is 0 Å². The van der Waals surface area contributed by atoms with Crippen molar-refractivity contribution in [2.75, 3.05) is 44.7 Å². The zero-order chi connectivity index (χ0) is 19.3. The summed E-state index contributed by atoms with van der Waals surface area (Å²) in [4.78, 5) is 10.8. The molecule has 0 spiro atoms. The molecule has 1 aliphatic heterocycles. The lowest BCUT2D eigenvalue weighted by molar-refractivity contribution is -0.908. The van der Waals surface area contributed by atoms with Crippen LogP contribution < -0.4 is 10.2 Å². The van der Waals surface area contributed by atoms with Crippen molar-refractivity contribution >= 4 is 16.9 Å². The minimum absolute atomic E-state index is 0.827. The maximum atomic E-state index is 5.44. The van der Waals surface area contributed by atoms with Crippen molar-refractivity contribution in [3.63, 3.8) is 0 Å². The van der Waals surface area contributed by atoms with Crippen molar-refractivity contribution in [3.05, 3.63) is 53.5 Å². The number of hydrogen-bond acceptors (Lipinski definition) is 4. The predicted octanol–water partition coefficient (Wildman–Crippen LogP) is 1.81. The number of morpholine rings is 1. The summed E-state index contributed by atoms with van der Waals surface area (Å²) in [6, 6.07) is 10.5. The summed E-state index contributed by atoms with van der Waals surface area (Å²) in [5, 5.41) is 4.71. The topological polar surface area (TPSA) is 56.4 Å². The van der Waals surface area contributed by atoms with Gasteiger partial charge >= 0.3 is 0 Å². The van der Waals surface area contributed by atoms with Crippen molar-refractivity contribution in [1.82, 2.24) is 14.5 Å². The number of aryl methyl sites for hydroxylation is 1. The van der Waals surface area contributed by atoms with Gasteiger partial charge in [0.1, 0.15) is 30.9 Å². The second-order valence-corrected chi connectivity index (χ2v) is 7.60. The summed E-state index contributed by atoms with van der Waals surface area (Å²) in [5.74, 6) is 0.953. The number of aromatic nitrogens is 3. The zero-order valence-electron chi connectivity index (χ0n) is 16.9. The number of anilines is 1. The van der Waals surface area contributed by atoms with Crippen LogP contribution in [0.5, 0.6) is 0 Å². The van der Waals surface area contributed by atoms with Gasteiger partial charge in [-0.15, -0.1) is 0 Å². The molecule has 0 saturated carbocycles. The molecule has 2 N–H and O–H groups in total. The molecule has 0 aliphatic carbocycles. The molecule has 1 aliphatic rings. The second-order valence-electron chi connectivity index (χ2n) is 7.60. The van der Waals surface area contributed by atoms with E-state index in [1.165, 1.54) is 23.4 Å². The van der Waals surface area contributed by atoms with Crippen LogP contribution in [-0.4, -0.2) is 53.9 Å². The van der Waals surface area contributed by atoms with Gasteiger partial charge in [-0.25, -0.2) is 9.97 Å². The summed E-state index contributed by atoms with van der Waals surface area (Å²) < 4.78 is 7.73. The number of nitrogens with one attached hydrogen (secondary N) is 2. The van der Waals surface area contributed by atoms with Crippen LogP contribution in [0, 0.1) is 13.8 Å². The molecule has 0 amide bonds. The Morgan fingerprint density at radius 2 is 1.89 bits per heavy atom. The Bertz CT molecular complexity index is 916. The fraction of sp³-hybridized carbons (Fsp3) is 0.455. The molecule has 28 heavy (non-hydrogen) atoms. The van der Waals surface area contributed by atoms with E-state index in [0.717, 1.165) is 62.7 Å². The second kappa shape index (κ2) is 8.71. The Morgan fingerprint density at radius 1 is 1.11 bits per heavy atom. The standard InChI is InChI=1S/C22H29N5O/c1-17-18(2)27(15-19-7-4-3-5-8-19)22-20(17)21(24-16-25-22)23-9-6-10-26-11-13-28-14-12-26/h3-5,7-8,16H,6,9-15H2,1-2H3,(H,23,24,25)/p+1. The fourth-order valence-electron chi connectivity index (χ4n) is 4.02. The smallest absolute Gasteiger partial charge is 0.146 e. The zero-order valence-corrected chi connectivity index (χ0v) is 16.9. The van der Waals surface area contributed by atoms with E-state index in [-0.39, 0.29) is 0 Å². The third-order valence-electron chi connectivity index (χ3n) is 5.79. The van der Waals surface area contributed by atoms with E-state index in [1.807, 2.05) is 0 Å². The van der Waals surface area contributed by atoms with E-state index in [9.17, 15) is 0 Å². The first-order valence-electron chi connectivity index (χ1n) is 10.2. The van der Waals surface area contributed by atoms with Crippen LogP contribution in [0.25, 0.3) is 11.0 Å². The third kappa shape index (κ3) is 4.03. The average molecular weight is 381 g/mol. The van der Waals surface area contributed by atoms with Gasteiger partial charge in [-0.05, 0) is 25.0 Å². The largest absolute Gasteiger partial charge is 0.370 e. The molecule has 4 rings (SSSR count). The van der Waals surface area contributed by atoms with E-state index >= 15 is 0 Å². The molecule has 1 saturated heterocycles. The molecule has 1 fully saturated rings. The fourth-order valence-corrected chi connectivity index (χ4v) is 4.02. The Kier molecular flexibility index (Phi) is 5.88. The number of fused-ring (bicyclic) bond motifs is 1. The summed E-state index contributed by atoms with van der Waals surface area (Å²) in [7, 11) is 0. The molecule has 1 aromatic carbocycles. The first-order chi connectivity index (χ1) is 13.7. The minimum Gasteiger partial charge on any atom is -0.370 e. The number of rotatable bonds is 7. The van der Waals surface area contributed by atoms with Crippen LogP contribution >= 0.6 is 0 Å². The summed E-state index contributed by atoms with van der Waals surface area (Å²) in [5.41, 5.74) is 4.80. The Morgan fingerprint density at radius 3 is 2.68 bits per heavy atom. The Labute approximate surface area is 166 Å². The quantitative estimate of drug-likeness (QED) is 0.614. The lowest BCUT2D eigenvalue weighted by atomic mass is 10.2. The van der Waals surface area contributed by atoms with Crippen LogP contribution in [0.15, 0.2) is 36.7 Å². The molecule has 3 heterocycles. The maximum Gasteiger partial charge on any atom is 0.146 e. The van der Waals surface area contributed by atoms with Gasteiger partial charge in [-0.2, -0.15) is 0 Å². The first-order valence-corrected chi connectivity index (χ1v) is 10.2. The molecule has 0 unspecified atom stereocenters. The summed E-state index contributed by atoms with van der Waals surface area (Å²) in [6.45, 7) is 11.3. The number of quaternary nitrogens is 1. The molecule has 148 valence electrons. The maximum absolute atomic E-state index is 5.44. The normalized spacial score (nSPS) is 15.2. The number of ether oxygens (including phenoxy) is 1. The number of hydrogen-bond donors (Lipinski definition) is 2. The van der Waals surface area contributed by atoms with E-state index in [0.29, 0.717) is 0 Å². The van der Waals surface area contributed by atoms with E-state index in [2.05, 4.69) is 64.0 Å². The molecule has 3 aromatic rings. The molecule has 2 aromatic heterocycles. The highest BCUT2D eigenvalue weighted by Crippen LogP contribution is 2.29. The third-order valence-corrected chi connectivity index (χ3v) is 5.79. The van der Waals surface area contributed by atoms with E-state index < -0.39 is 0 Å². The molecule has 0 radical (unpaired) electrons. The lowest BCUT2D eigenvalue weighted by Crippen LogP contribution is -3.14. The van der Waals surface area contributed by atoms with Gasteiger partial charge in [0, 0.05) is 25.2 Å². The van der Waals surface area contributed by atoms with Gasteiger partial charge in [-0.3, -0.25) is 0 Å². The van der Waals surface area contributed by atoms with Crippen LogP contribution in [-0.2, 0) is 11.3 Å². The van der Waals surface area contributed by atoms with Crippen molar-refractivity contribution in [2.45, 2.75) is 26.8 Å². The predicted molar refractivity (Wildman–Crippen MR) is 112 cm³/mol. The van der Waals surface area contributed by atoms with Crippen molar-refractivity contribution in [1.29, 1.82) is 0 Å². The van der Waals surface area contributed by atoms with Crippen LogP contribution in [0.1, 0.15) is 23.2 Å². The van der Waals surface area contributed by atoms with Gasteiger partial charge in [0.05, 0.1) is 25.1 Å². The Hall–Kier alpha value is -2.44. The monoisotopic (exact) mass is 380 g/mol. The van der Waals surface area contributed by atoms with E-state index in [4.69, 9.17) is 4.74 Å². The summed E-state index contributed by atoms with van der Waals surface area (Å²) >= 11 is 0. The molecular weight excluding hydrogens is 350 g/mol. The van der Waals surface area contributed by atoms with Gasteiger partial charge < -0.3 is 19.5 Å². The Balaban J connectivity index is 1.49. The van der Waals surface area contributed by atoms with Gasteiger partial charge in [0.2, 0.25) is 0 Å². The average Bonchev–Trinajstić information content (AvgIpc) is 2.98. The molecule has 0 bridgehead atoms. The van der Waals surface area contributed by atoms with Crippen LogP contribution in [0.3, 0.4) is 0 Å². The highest BCUT2D eigenvalue weighted by atomic mass is 16.5. The highest BCUT2D eigenvalue weighted by molar-refractivity contribution is 5.91. The number of benzene rings is 1. The molecule has 6 heteroatoms. The molecule has 6 nitrogen and oxygen atoms in total. The lowest BCUT2D eigenvalue weighted by Gasteiger charge is -2.23. The molecule has 0 atom stereocenters. The number of nitrogens with zero attached hydrogens (tertiary/aromatic N) is 3. The summed E-state index contributed by atoms with van der Waals surface area (Å²) in [6.07, 6.45) is 2.81. The minimum atomic E-state index is 0.827. The van der Waals surface area contributed by atoms with Crippen LogP contribution in [0.4, 0.5) is 5.82 Å². The molecular formula is C22H30N5O+. The van der Waals surface area contributed by atoms with Crippen molar-refractivity contribution < 1.29 is 9.64 Å². The highest BCUT2D eigenvalue weighted by Gasteiger charge is 2.17. The first kappa shape index (κ1) is 18.9. The van der Waals surface area contributed by atoms with Gasteiger partial charge in [-0.1, -0.05) is 30.3 Å². The van der Waals surface area contributed by atoms with E-state index in [1.54, 1.807) is 11.2 Å². The SMILES string of the molecule is Cc1c(C)n(Cc2ccccc2)c2ncnc(NCCC[NH+]3CCOCC3)c12. The van der Waals surface area contributed by atoms with Crippen molar-refractivity contribution in [2.24, 2.45) is 0 Å². The van der Waals surface area contributed by atoms with Gasteiger partial charge in [0.25, 0.3) is 0 Å².